The molecule has 0 spiro atoms. The average Bonchev–Trinajstić information content (AvgIpc) is 3.15. The van der Waals surface area contributed by atoms with Gasteiger partial charge in [0.2, 0.25) is 5.91 Å². The zero-order valence-electron chi connectivity index (χ0n) is 18.6. The van der Waals surface area contributed by atoms with Gasteiger partial charge in [-0.05, 0) is 69.0 Å². The molecule has 2 aromatic carbocycles. The lowest BCUT2D eigenvalue weighted by molar-refractivity contribution is -0.117. The van der Waals surface area contributed by atoms with Gasteiger partial charge in [-0.25, -0.2) is 0 Å². The second-order valence-corrected chi connectivity index (χ2v) is 8.71. The largest absolute Gasteiger partial charge is 0.493 e. The summed E-state index contributed by atoms with van der Waals surface area (Å²) in [7, 11) is 1.62. The Morgan fingerprint density at radius 2 is 2.00 bits per heavy atom. The molecule has 1 saturated heterocycles. The lowest BCUT2D eigenvalue weighted by atomic mass is 9.89. The normalized spacial score (nSPS) is 16.3. The van der Waals surface area contributed by atoms with Crippen molar-refractivity contribution in [2.45, 2.75) is 45.4 Å². The molecule has 1 atom stereocenters. The SMILES string of the molecule is COc1ccc([C@H]2CC(=O)N(c3cccc(N)c3)C2)cc1OCCCCC(C)(C)C#N. The van der Waals surface area contributed by atoms with Crippen LogP contribution in [0.3, 0.4) is 0 Å². The van der Waals surface area contributed by atoms with Crippen LogP contribution in [0.4, 0.5) is 11.4 Å². The Labute approximate surface area is 184 Å². The minimum atomic E-state index is -0.304. The van der Waals surface area contributed by atoms with E-state index in [1.807, 2.05) is 56.3 Å². The maximum absolute atomic E-state index is 12.6. The molecule has 1 aliphatic rings. The number of hydrogen-bond donors (Lipinski definition) is 1. The minimum Gasteiger partial charge on any atom is -0.493 e. The van der Waals surface area contributed by atoms with E-state index in [0.29, 0.717) is 36.8 Å². The van der Waals surface area contributed by atoms with Crippen LogP contribution in [0.1, 0.15) is 51.0 Å². The second kappa shape index (κ2) is 9.74. The number of nitrogen functional groups attached to an aromatic ring is 1. The van der Waals surface area contributed by atoms with Gasteiger partial charge in [-0.1, -0.05) is 12.1 Å². The number of carbonyl (C=O) groups is 1. The molecule has 2 N–H and O–H groups in total. The lowest BCUT2D eigenvalue weighted by Gasteiger charge is -2.18. The van der Waals surface area contributed by atoms with Crippen LogP contribution in [0.2, 0.25) is 0 Å². The molecule has 31 heavy (non-hydrogen) atoms. The highest BCUT2D eigenvalue weighted by atomic mass is 16.5. The second-order valence-electron chi connectivity index (χ2n) is 8.71. The molecule has 0 aliphatic carbocycles. The van der Waals surface area contributed by atoms with E-state index in [9.17, 15) is 4.79 Å². The van der Waals surface area contributed by atoms with Crippen molar-refractivity contribution in [2.75, 3.05) is 30.9 Å². The molecule has 1 amide bonds. The molecule has 0 radical (unpaired) electrons. The van der Waals surface area contributed by atoms with Crippen LogP contribution < -0.4 is 20.1 Å². The van der Waals surface area contributed by atoms with E-state index in [1.165, 1.54) is 0 Å². The van der Waals surface area contributed by atoms with E-state index in [1.54, 1.807) is 12.0 Å². The van der Waals surface area contributed by atoms with Gasteiger partial charge in [0.1, 0.15) is 0 Å². The molecular weight excluding hydrogens is 390 g/mol. The van der Waals surface area contributed by atoms with Gasteiger partial charge in [-0.15, -0.1) is 0 Å². The topological polar surface area (TPSA) is 88.6 Å². The predicted octanol–water partition coefficient (Wildman–Crippen LogP) is 4.90. The molecule has 3 rings (SSSR count). The summed E-state index contributed by atoms with van der Waals surface area (Å²) in [6.07, 6.45) is 3.08. The summed E-state index contributed by atoms with van der Waals surface area (Å²) in [5, 5.41) is 9.12. The molecule has 164 valence electrons. The van der Waals surface area contributed by atoms with Crippen molar-refractivity contribution in [3.63, 3.8) is 0 Å². The van der Waals surface area contributed by atoms with Gasteiger partial charge >= 0.3 is 0 Å². The van der Waals surface area contributed by atoms with E-state index >= 15 is 0 Å². The fourth-order valence-electron chi connectivity index (χ4n) is 3.84. The Kier molecular flexibility index (Phi) is 7.06. The molecule has 0 unspecified atom stereocenters. The molecule has 6 heteroatoms. The first-order valence-electron chi connectivity index (χ1n) is 10.7. The van der Waals surface area contributed by atoms with Gasteiger partial charge < -0.3 is 20.1 Å². The Morgan fingerprint density at radius 1 is 1.19 bits per heavy atom. The fraction of sp³-hybridized carbons (Fsp3) is 0.440. The number of nitrogens with zero attached hydrogens (tertiary/aromatic N) is 2. The molecule has 1 heterocycles. The van der Waals surface area contributed by atoms with E-state index < -0.39 is 0 Å². The number of rotatable bonds is 9. The highest BCUT2D eigenvalue weighted by Gasteiger charge is 2.32. The predicted molar refractivity (Wildman–Crippen MR) is 122 cm³/mol. The van der Waals surface area contributed by atoms with Gasteiger partial charge in [0.05, 0.1) is 25.2 Å². The summed E-state index contributed by atoms with van der Waals surface area (Å²) < 4.78 is 11.5. The summed E-state index contributed by atoms with van der Waals surface area (Å²) in [5.41, 5.74) is 8.11. The van der Waals surface area contributed by atoms with Gasteiger partial charge in [-0.2, -0.15) is 5.26 Å². The standard InChI is InChI=1S/C25H31N3O3/c1-25(2,17-26)11-4-5-12-31-23-13-18(9-10-22(23)30-3)19-14-24(29)28(16-19)21-8-6-7-20(27)15-21/h6-10,13,15,19H,4-5,11-12,14,16,27H2,1-3H3/t19-/m0/s1. The molecule has 1 aliphatic heterocycles. The Hall–Kier alpha value is -3.20. The van der Waals surface area contributed by atoms with Crippen molar-refractivity contribution >= 4 is 17.3 Å². The highest BCUT2D eigenvalue weighted by molar-refractivity contribution is 5.96. The number of ether oxygens (including phenoxy) is 2. The zero-order chi connectivity index (χ0) is 22.4. The van der Waals surface area contributed by atoms with Crippen LogP contribution >= 0.6 is 0 Å². The van der Waals surface area contributed by atoms with Crippen molar-refractivity contribution in [3.05, 3.63) is 48.0 Å². The molecular formula is C25H31N3O3. The molecule has 0 saturated carbocycles. The Morgan fingerprint density at radius 3 is 2.71 bits per heavy atom. The molecule has 0 bridgehead atoms. The van der Waals surface area contributed by atoms with Crippen LogP contribution in [0, 0.1) is 16.7 Å². The smallest absolute Gasteiger partial charge is 0.227 e. The number of hydrogen-bond acceptors (Lipinski definition) is 5. The van der Waals surface area contributed by atoms with Crippen molar-refractivity contribution in [2.24, 2.45) is 5.41 Å². The highest BCUT2D eigenvalue weighted by Crippen LogP contribution is 2.37. The van der Waals surface area contributed by atoms with Crippen molar-refractivity contribution in [1.82, 2.24) is 0 Å². The van der Waals surface area contributed by atoms with Gasteiger partial charge in [-0.3, -0.25) is 4.79 Å². The average molecular weight is 422 g/mol. The lowest BCUT2D eigenvalue weighted by Crippen LogP contribution is -2.24. The first kappa shape index (κ1) is 22.5. The summed E-state index contributed by atoms with van der Waals surface area (Å²) in [4.78, 5) is 14.4. The summed E-state index contributed by atoms with van der Waals surface area (Å²) >= 11 is 0. The Bertz CT molecular complexity index is 965. The molecule has 1 fully saturated rings. The first-order valence-corrected chi connectivity index (χ1v) is 10.7. The molecule has 0 aromatic heterocycles. The van der Waals surface area contributed by atoms with Gasteiger partial charge in [0.25, 0.3) is 0 Å². The van der Waals surface area contributed by atoms with Crippen LogP contribution in [0.15, 0.2) is 42.5 Å². The number of nitriles is 1. The monoisotopic (exact) mass is 421 g/mol. The van der Waals surface area contributed by atoms with Crippen LogP contribution in [-0.2, 0) is 4.79 Å². The molecule has 2 aromatic rings. The summed E-state index contributed by atoms with van der Waals surface area (Å²) in [6, 6.07) is 15.6. The van der Waals surface area contributed by atoms with Crippen molar-refractivity contribution in [1.29, 1.82) is 5.26 Å². The van der Waals surface area contributed by atoms with E-state index in [2.05, 4.69) is 6.07 Å². The summed E-state index contributed by atoms with van der Waals surface area (Å²) in [5.74, 6) is 1.54. The number of benzene rings is 2. The number of carbonyl (C=O) groups excluding carboxylic acids is 1. The fourth-order valence-corrected chi connectivity index (χ4v) is 3.84. The number of unbranched alkanes of at least 4 members (excludes halogenated alkanes) is 1. The third kappa shape index (κ3) is 5.69. The number of nitrogens with two attached hydrogens (primary N) is 1. The van der Waals surface area contributed by atoms with E-state index in [4.69, 9.17) is 20.5 Å². The van der Waals surface area contributed by atoms with Crippen molar-refractivity contribution < 1.29 is 14.3 Å². The number of anilines is 2. The van der Waals surface area contributed by atoms with Crippen LogP contribution in [0.5, 0.6) is 11.5 Å². The first-order chi connectivity index (χ1) is 14.8. The minimum absolute atomic E-state index is 0.0821. The number of amides is 1. The number of methoxy groups -OCH3 is 1. The van der Waals surface area contributed by atoms with E-state index in [-0.39, 0.29) is 17.2 Å². The third-order valence-corrected chi connectivity index (χ3v) is 5.72. The van der Waals surface area contributed by atoms with Crippen LogP contribution in [0.25, 0.3) is 0 Å². The zero-order valence-corrected chi connectivity index (χ0v) is 18.6. The van der Waals surface area contributed by atoms with E-state index in [0.717, 1.165) is 30.5 Å². The third-order valence-electron chi connectivity index (χ3n) is 5.72. The Balaban J connectivity index is 1.65. The summed E-state index contributed by atoms with van der Waals surface area (Å²) in [6.45, 7) is 5.07. The van der Waals surface area contributed by atoms with Crippen LogP contribution in [-0.4, -0.2) is 26.2 Å². The maximum Gasteiger partial charge on any atom is 0.227 e. The van der Waals surface area contributed by atoms with Gasteiger partial charge in [0.15, 0.2) is 11.5 Å². The quantitative estimate of drug-likeness (QED) is 0.460. The van der Waals surface area contributed by atoms with Gasteiger partial charge in [0, 0.05) is 30.3 Å². The maximum atomic E-state index is 12.6. The molecule has 6 nitrogen and oxygen atoms in total. The van der Waals surface area contributed by atoms with Crippen molar-refractivity contribution in [3.8, 4) is 17.6 Å².